The van der Waals surface area contributed by atoms with Crippen molar-refractivity contribution in [2.75, 3.05) is 11.9 Å². The lowest BCUT2D eigenvalue weighted by atomic mass is 10.2. The van der Waals surface area contributed by atoms with Crippen molar-refractivity contribution in [1.82, 2.24) is 4.98 Å². The van der Waals surface area contributed by atoms with Crippen molar-refractivity contribution in [3.05, 3.63) is 23.9 Å². The maximum absolute atomic E-state index is 10.8. The van der Waals surface area contributed by atoms with E-state index < -0.39 is 5.91 Å². The Morgan fingerprint density at radius 2 is 2.33 bits per heavy atom. The molecule has 0 aliphatic rings. The van der Waals surface area contributed by atoms with Crippen molar-refractivity contribution in [3.8, 4) is 0 Å². The lowest BCUT2D eigenvalue weighted by molar-refractivity contribution is 0.1000. The van der Waals surface area contributed by atoms with E-state index in [-0.39, 0.29) is 6.04 Å². The molecule has 1 atom stereocenters. The minimum Gasteiger partial charge on any atom is -0.368 e. The number of rotatable bonds is 5. The van der Waals surface area contributed by atoms with Gasteiger partial charge in [-0.1, -0.05) is 0 Å². The fraction of sp³-hybridized carbons (Fsp3) is 0.400. The number of aromatic nitrogens is 1. The van der Waals surface area contributed by atoms with Gasteiger partial charge in [0.15, 0.2) is 0 Å². The summed E-state index contributed by atoms with van der Waals surface area (Å²) in [5.74, 6) is 0.255. The second kappa shape index (κ2) is 5.31. The first kappa shape index (κ1) is 11.5. The number of nitrogens with two attached hydrogens (primary N) is 2. The highest BCUT2D eigenvalue weighted by Gasteiger charge is 2.03. The summed E-state index contributed by atoms with van der Waals surface area (Å²) in [5, 5.41) is 3.17. The van der Waals surface area contributed by atoms with E-state index in [1.165, 1.54) is 6.20 Å². The van der Waals surface area contributed by atoms with Gasteiger partial charge < -0.3 is 16.8 Å². The minimum atomic E-state index is -0.468. The summed E-state index contributed by atoms with van der Waals surface area (Å²) in [6, 6.07) is 3.64. The Balaban J connectivity index is 2.60. The van der Waals surface area contributed by atoms with Crippen LogP contribution < -0.4 is 16.8 Å². The Labute approximate surface area is 88.9 Å². The van der Waals surface area contributed by atoms with Gasteiger partial charge in [0.05, 0.1) is 5.56 Å². The highest BCUT2D eigenvalue weighted by Crippen LogP contribution is 2.07. The molecule has 1 unspecified atom stereocenters. The van der Waals surface area contributed by atoms with E-state index in [0.29, 0.717) is 12.1 Å². The summed E-state index contributed by atoms with van der Waals surface area (Å²) < 4.78 is 0. The topological polar surface area (TPSA) is 94.0 Å². The van der Waals surface area contributed by atoms with Crippen LogP contribution in [-0.4, -0.2) is 23.5 Å². The van der Waals surface area contributed by atoms with E-state index >= 15 is 0 Å². The van der Waals surface area contributed by atoms with E-state index in [0.717, 1.165) is 12.2 Å². The molecular weight excluding hydrogens is 192 g/mol. The van der Waals surface area contributed by atoms with Crippen LogP contribution in [-0.2, 0) is 0 Å². The van der Waals surface area contributed by atoms with Gasteiger partial charge in [0.25, 0.3) is 0 Å². The van der Waals surface area contributed by atoms with Gasteiger partial charge in [-0.25, -0.2) is 4.98 Å². The highest BCUT2D eigenvalue weighted by molar-refractivity contribution is 5.92. The van der Waals surface area contributed by atoms with Crippen LogP contribution >= 0.6 is 0 Å². The number of carbonyl (C=O) groups is 1. The zero-order valence-corrected chi connectivity index (χ0v) is 8.73. The zero-order chi connectivity index (χ0) is 11.3. The molecule has 1 amide bonds. The largest absolute Gasteiger partial charge is 0.368 e. The number of anilines is 1. The number of pyridine rings is 1. The van der Waals surface area contributed by atoms with Gasteiger partial charge in [-0.15, -0.1) is 0 Å². The fourth-order valence-electron chi connectivity index (χ4n) is 1.20. The van der Waals surface area contributed by atoms with E-state index in [4.69, 9.17) is 11.5 Å². The first-order valence-electron chi connectivity index (χ1n) is 4.86. The van der Waals surface area contributed by atoms with Crippen LogP contribution in [0.25, 0.3) is 0 Å². The Hall–Kier alpha value is -1.62. The maximum atomic E-state index is 10.8. The number of carbonyl (C=O) groups excluding carboxylic acids is 1. The SMILES string of the molecule is CC(CCN)Nc1ccc(C(N)=O)cn1. The predicted octanol–water partition coefficient (Wildman–Crippen LogP) is 0.330. The Morgan fingerprint density at radius 1 is 1.60 bits per heavy atom. The summed E-state index contributed by atoms with van der Waals surface area (Å²) in [4.78, 5) is 14.9. The molecule has 0 fully saturated rings. The third kappa shape index (κ3) is 3.55. The predicted molar refractivity (Wildman–Crippen MR) is 59.5 cm³/mol. The van der Waals surface area contributed by atoms with Crippen molar-refractivity contribution in [2.45, 2.75) is 19.4 Å². The molecule has 0 aliphatic carbocycles. The number of amides is 1. The van der Waals surface area contributed by atoms with E-state index in [9.17, 15) is 4.79 Å². The normalized spacial score (nSPS) is 12.1. The lowest BCUT2D eigenvalue weighted by Gasteiger charge is -2.12. The Kier molecular flexibility index (Phi) is 4.05. The lowest BCUT2D eigenvalue weighted by Crippen LogP contribution is -2.20. The van der Waals surface area contributed by atoms with E-state index in [1.807, 2.05) is 6.92 Å². The van der Waals surface area contributed by atoms with E-state index in [1.54, 1.807) is 12.1 Å². The molecule has 82 valence electrons. The van der Waals surface area contributed by atoms with Crippen LogP contribution in [0.4, 0.5) is 5.82 Å². The first-order valence-corrected chi connectivity index (χ1v) is 4.86. The first-order chi connectivity index (χ1) is 7.13. The molecule has 5 heteroatoms. The van der Waals surface area contributed by atoms with Gasteiger partial charge in [0.2, 0.25) is 5.91 Å². The van der Waals surface area contributed by atoms with Gasteiger partial charge in [-0.2, -0.15) is 0 Å². The third-order valence-electron chi connectivity index (χ3n) is 2.04. The molecule has 5 nitrogen and oxygen atoms in total. The average molecular weight is 208 g/mol. The summed E-state index contributed by atoms with van der Waals surface area (Å²) in [6.07, 6.45) is 2.33. The van der Waals surface area contributed by atoms with E-state index in [2.05, 4.69) is 10.3 Å². The summed E-state index contributed by atoms with van der Waals surface area (Å²) in [5.41, 5.74) is 10.9. The van der Waals surface area contributed by atoms with Crippen LogP contribution in [0.1, 0.15) is 23.7 Å². The molecule has 1 rings (SSSR count). The van der Waals surface area contributed by atoms with Gasteiger partial charge >= 0.3 is 0 Å². The Bertz CT molecular complexity index is 323. The van der Waals surface area contributed by atoms with Gasteiger partial charge in [-0.3, -0.25) is 4.79 Å². The minimum absolute atomic E-state index is 0.266. The molecule has 1 aromatic heterocycles. The van der Waals surface area contributed by atoms with Crippen LogP contribution in [0.15, 0.2) is 18.3 Å². The molecule has 0 aromatic carbocycles. The van der Waals surface area contributed by atoms with Gasteiger partial charge in [-0.05, 0) is 32.0 Å². The van der Waals surface area contributed by atoms with Gasteiger partial charge in [0, 0.05) is 12.2 Å². The highest BCUT2D eigenvalue weighted by atomic mass is 16.1. The molecule has 15 heavy (non-hydrogen) atoms. The second-order valence-electron chi connectivity index (χ2n) is 3.42. The molecule has 0 spiro atoms. The monoisotopic (exact) mass is 208 g/mol. The number of nitrogens with zero attached hydrogens (tertiary/aromatic N) is 1. The maximum Gasteiger partial charge on any atom is 0.250 e. The van der Waals surface area contributed by atoms with Crippen molar-refractivity contribution in [3.63, 3.8) is 0 Å². The van der Waals surface area contributed by atoms with Crippen molar-refractivity contribution >= 4 is 11.7 Å². The molecule has 0 aliphatic heterocycles. The van der Waals surface area contributed by atoms with Crippen LogP contribution in [0, 0.1) is 0 Å². The number of nitrogens with one attached hydrogen (secondary N) is 1. The summed E-state index contributed by atoms with van der Waals surface area (Å²) in [6.45, 7) is 2.66. The number of hydrogen-bond acceptors (Lipinski definition) is 4. The molecule has 0 bridgehead atoms. The van der Waals surface area contributed by atoms with Crippen LogP contribution in [0.2, 0.25) is 0 Å². The average Bonchev–Trinajstić information content (AvgIpc) is 2.18. The third-order valence-corrected chi connectivity index (χ3v) is 2.04. The summed E-state index contributed by atoms with van der Waals surface area (Å²) >= 11 is 0. The smallest absolute Gasteiger partial charge is 0.250 e. The van der Waals surface area contributed by atoms with Crippen molar-refractivity contribution < 1.29 is 4.79 Å². The molecule has 0 saturated carbocycles. The van der Waals surface area contributed by atoms with Crippen molar-refractivity contribution in [2.24, 2.45) is 11.5 Å². The number of primary amides is 1. The van der Waals surface area contributed by atoms with Crippen LogP contribution in [0.5, 0.6) is 0 Å². The molecular formula is C10H16N4O. The second-order valence-corrected chi connectivity index (χ2v) is 3.42. The zero-order valence-electron chi connectivity index (χ0n) is 8.73. The Morgan fingerprint density at radius 3 is 2.80 bits per heavy atom. The fourth-order valence-corrected chi connectivity index (χ4v) is 1.20. The molecule has 1 aromatic rings. The van der Waals surface area contributed by atoms with Crippen molar-refractivity contribution in [1.29, 1.82) is 0 Å². The quantitative estimate of drug-likeness (QED) is 0.650. The molecule has 0 radical (unpaired) electrons. The number of hydrogen-bond donors (Lipinski definition) is 3. The standard InChI is InChI=1S/C10H16N4O/c1-7(4-5-11)14-9-3-2-8(6-13-9)10(12)15/h2-3,6-7H,4-5,11H2,1H3,(H2,12,15)(H,13,14). The summed E-state index contributed by atoms with van der Waals surface area (Å²) in [7, 11) is 0. The van der Waals surface area contributed by atoms with Crippen LogP contribution in [0.3, 0.4) is 0 Å². The van der Waals surface area contributed by atoms with Gasteiger partial charge in [0.1, 0.15) is 5.82 Å². The molecule has 0 saturated heterocycles. The molecule has 5 N–H and O–H groups in total. The molecule has 1 heterocycles.